The fraction of sp³-hybridized carbons (Fsp3) is 0.800. The minimum absolute atomic E-state index is 0.0619. The number of imidazole rings is 1. The Labute approximate surface area is 331 Å². The zero-order valence-corrected chi connectivity index (χ0v) is 35.0. The number of carbonyl (C=O) groups is 2. The van der Waals surface area contributed by atoms with Gasteiger partial charge in [0.05, 0.1) is 19.2 Å². The third kappa shape index (κ3) is 32.9. The molecular weight excluding hydrogens is 679 g/mol. The molecule has 0 aliphatic carbocycles. The van der Waals surface area contributed by atoms with Crippen LogP contribution in [0.4, 0.5) is 0 Å². The molecule has 312 valence electrons. The van der Waals surface area contributed by atoms with E-state index in [0.29, 0.717) is 32.6 Å². The van der Waals surface area contributed by atoms with Crippen LogP contribution in [0, 0.1) is 0 Å². The molecule has 0 N–H and O–H groups in total. The van der Waals surface area contributed by atoms with Crippen molar-refractivity contribution in [2.75, 3.05) is 46.1 Å². The second-order valence-electron chi connectivity index (χ2n) is 14.6. The zero-order valence-electron chi connectivity index (χ0n) is 35.0. The Balaban J connectivity index is 2.27. The summed E-state index contributed by atoms with van der Waals surface area (Å²) in [5, 5.41) is 0. The molecular formula is C45H81N3O6. The first-order chi connectivity index (χ1) is 26.6. The summed E-state index contributed by atoms with van der Waals surface area (Å²) in [6.07, 6.45) is 40.4. The molecule has 0 radical (unpaired) electrons. The lowest BCUT2D eigenvalue weighted by Crippen LogP contribution is -2.30. The number of nitrogens with zero attached hydrogens (tertiary/aromatic N) is 3. The Bertz CT molecular complexity index is 1000. The molecule has 0 fully saturated rings. The highest BCUT2D eigenvalue weighted by Crippen LogP contribution is 2.12. The van der Waals surface area contributed by atoms with Crippen LogP contribution in [0.3, 0.4) is 0 Å². The summed E-state index contributed by atoms with van der Waals surface area (Å²) in [6, 6.07) is 0. The highest BCUT2D eigenvalue weighted by molar-refractivity contribution is 5.70. The van der Waals surface area contributed by atoms with Crippen molar-refractivity contribution in [1.29, 1.82) is 0 Å². The summed E-state index contributed by atoms with van der Waals surface area (Å²) in [5.41, 5.74) is 0. The molecule has 54 heavy (non-hydrogen) atoms. The highest BCUT2D eigenvalue weighted by Gasteiger charge is 2.14. The van der Waals surface area contributed by atoms with E-state index in [9.17, 15) is 9.59 Å². The van der Waals surface area contributed by atoms with Crippen LogP contribution in [-0.4, -0.2) is 78.7 Å². The predicted molar refractivity (Wildman–Crippen MR) is 222 cm³/mol. The van der Waals surface area contributed by atoms with Crippen LogP contribution in [0.2, 0.25) is 0 Å². The van der Waals surface area contributed by atoms with Gasteiger partial charge in [0.1, 0.15) is 13.2 Å². The van der Waals surface area contributed by atoms with E-state index < -0.39 is 6.29 Å². The zero-order chi connectivity index (χ0) is 39.0. The van der Waals surface area contributed by atoms with Crippen molar-refractivity contribution in [3.63, 3.8) is 0 Å². The van der Waals surface area contributed by atoms with Crippen molar-refractivity contribution < 1.29 is 28.5 Å². The molecule has 0 saturated heterocycles. The van der Waals surface area contributed by atoms with E-state index in [4.69, 9.17) is 18.9 Å². The molecule has 0 atom stereocenters. The second-order valence-corrected chi connectivity index (χ2v) is 14.6. The summed E-state index contributed by atoms with van der Waals surface area (Å²) in [4.78, 5) is 31.5. The van der Waals surface area contributed by atoms with Crippen molar-refractivity contribution in [3.8, 4) is 0 Å². The van der Waals surface area contributed by atoms with Crippen LogP contribution in [0.25, 0.3) is 0 Å². The van der Waals surface area contributed by atoms with Crippen LogP contribution in [0.1, 0.15) is 175 Å². The molecule has 1 rings (SSSR count). The van der Waals surface area contributed by atoms with Gasteiger partial charge in [0.15, 0.2) is 6.29 Å². The van der Waals surface area contributed by atoms with E-state index in [1.165, 1.54) is 89.9 Å². The van der Waals surface area contributed by atoms with E-state index >= 15 is 0 Å². The van der Waals surface area contributed by atoms with E-state index in [0.717, 1.165) is 64.6 Å². The number of aromatic nitrogens is 2. The maximum atomic E-state index is 12.6. The number of hydrogen-bond acceptors (Lipinski definition) is 8. The standard InChI is InChI=1S/C45H81N3O6/c1-4-7-10-13-14-15-16-17-18-19-20-21-22-23-24-25-33-47(34-28-35-48-37-32-46-42-48)36-31-44(50)52-41-40-51-43(49)29-30-45(53-38-26-11-8-5-2)54-39-27-12-9-6-3/h14-15,17-18,32,37,42,45H,4-13,16,19-31,33-36,38-41H2,1-3H3/b15-14-,18-17-. The first-order valence-corrected chi connectivity index (χ1v) is 22.1. The van der Waals surface area contributed by atoms with Crippen molar-refractivity contribution in [3.05, 3.63) is 43.0 Å². The number of esters is 2. The van der Waals surface area contributed by atoms with Gasteiger partial charge >= 0.3 is 11.9 Å². The normalized spacial score (nSPS) is 11.9. The van der Waals surface area contributed by atoms with Gasteiger partial charge in [-0.1, -0.05) is 122 Å². The Morgan fingerprint density at radius 1 is 0.611 bits per heavy atom. The molecule has 1 aromatic rings. The van der Waals surface area contributed by atoms with Crippen molar-refractivity contribution >= 4 is 11.9 Å². The lowest BCUT2D eigenvalue weighted by Gasteiger charge is -2.22. The van der Waals surface area contributed by atoms with Gasteiger partial charge in [0.25, 0.3) is 0 Å². The van der Waals surface area contributed by atoms with Gasteiger partial charge in [0, 0.05) is 45.1 Å². The Hall–Kier alpha value is -2.49. The van der Waals surface area contributed by atoms with E-state index in [1.54, 1.807) is 0 Å². The van der Waals surface area contributed by atoms with Gasteiger partial charge < -0.3 is 28.4 Å². The molecule has 0 aliphatic rings. The van der Waals surface area contributed by atoms with Gasteiger partial charge in [0.2, 0.25) is 0 Å². The quantitative estimate of drug-likeness (QED) is 0.0283. The van der Waals surface area contributed by atoms with Crippen LogP contribution in [0.5, 0.6) is 0 Å². The monoisotopic (exact) mass is 760 g/mol. The number of hydrogen-bond donors (Lipinski definition) is 0. The maximum Gasteiger partial charge on any atom is 0.307 e. The summed E-state index contributed by atoms with van der Waals surface area (Å²) in [5.74, 6) is -0.576. The number of rotatable bonds is 40. The average molecular weight is 760 g/mol. The average Bonchev–Trinajstić information content (AvgIpc) is 3.70. The molecule has 0 unspecified atom stereocenters. The maximum absolute atomic E-state index is 12.6. The lowest BCUT2D eigenvalue weighted by atomic mass is 10.1. The lowest BCUT2D eigenvalue weighted by molar-refractivity contribution is -0.161. The van der Waals surface area contributed by atoms with E-state index in [-0.39, 0.29) is 31.6 Å². The molecule has 1 aromatic heterocycles. The summed E-state index contributed by atoms with van der Waals surface area (Å²) >= 11 is 0. The fourth-order valence-corrected chi connectivity index (χ4v) is 6.20. The van der Waals surface area contributed by atoms with Gasteiger partial charge in [-0.15, -0.1) is 0 Å². The van der Waals surface area contributed by atoms with Crippen LogP contribution < -0.4 is 0 Å². The van der Waals surface area contributed by atoms with Crippen molar-refractivity contribution in [1.82, 2.24) is 14.5 Å². The van der Waals surface area contributed by atoms with Crippen LogP contribution in [-0.2, 0) is 35.1 Å². The number of allylic oxidation sites excluding steroid dienone is 4. The highest BCUT2D eigenvalue weighted by atomic mass is 16.7. The molecule has 0 aliphatic heterocycles. The number of ether oxygens (including phenoxy) is 4. The summed E-state index contributed by atoms with van der Waals surface area (Å²) in [7, 11) is 0. The van der Waals surface area contributed by atoms with Gasteiger partial charge in [-0.2, -0.15) is 0 Å². The molecule has 9 nitrogen and oxygen atoms in total. The molecule has 0 aromatic carbocycles. The fourth-order valence-electron chi connectivity index (χ4n) is 6.20. The SMILES string of the molecule is CCCCC/C=C\C/C=C\CCCCCCCCN(CCCn1ccnc1)CCC(=O)OCCOC(=O)CCC(OCCCCCC)OCCCCCC. The first kappa shape index (κ1) is 49.5. The Morgan fingerprint density at radius 3 is 1.76 bits per heavy atom. The number of carbonyl (C=O) groups excluding carboxylic acids is 2. The number of aryl methyl sites for hydroxylation is 1. The van der Waals surface area contributed by atoms with Crippen LogP contribution >= 0.6 is 0 Å². The van der Waals surface area contributed by atoms with Gasteiger partial charge in [-0.3, -0.25) is 9.59 Å². The van der Waals surface area contributed by atoms with Crippen molar-refractivity contribution in [2.45, 2.75) is 188 Å². The molecule has 0 saturated carbocycles. The first-order valence-electron chi connectivity index (χ1n) is 22.1. The summed E-state index contributed by atoms with van der Waals surface area (Å²) < 4.78 is 24.8. The third-order valence-electron chi connectivity index (χ3n) is 9.55. The third-order valence-corrected chi connectivity index (χ3v) is 9.55. The van der Waals surface area contributed by atoms with Crippen molar-refractivity contribution in [2.24, 2.45) is 0 Å². The predicted octanol–water partition coefficient (Wildman–Crippen LogP) is 11.2. The molecule has 0 amide bonds. The smallest absolute Gasteiger partial charge is 0.307 e. The van der Waals surface area contributed by atoms with E-state index in [1.807, 2.05) is 18.7 Å². The Morgan fingerprint density at radius 2 is 1.15 bits per heavy atom. The second kappa shape index (κ2) is 38.8. The minimum atomic E-state index is -0.392. The largest absolute Gasteiger partial charge is 0.462 e. The Kier molecular flexibility index (Phi) is 35.6. The van der Waals surface area contributed by atoms with Crippen LogP contribution in [0.15, 0.2) is 43.0 Å². The molecule has 9 heteroatoms. The molecule has 0 spiro atoms. The van der Waals surface area contributed by atoms with Gasteiger partial charge in [-0.05, 0) is 70.9 Å². The van der Waals surface area contributed by atoms with E-state index in [2.05, 4.69) is 59.5 Å². The minimum Gasteiger partial charge on any atom is -0.462 e. The van der Waals surface area contributed by atoms with Gasteiger partial charge in [-0.25, -0.2) is 4.98 Å². The summed E-state index contributed by atoms with van der Waals surface area (Å²) in [6.45, 7) is 11.5. The number of unbranched alkanes of at least 4 members (excludes halogenated alkanes) is 15. The molecule has 0 bridgehead atoms. The molecule has 1 heterocycles. The topological polar surface area (TPSA) is 92.1 Å².